The second-order valence-electron chi connectivity index (χ2n) is 6.11. The van der Waals surface area contributed by atoms with Crippen LogP contribution >= 0.6 is 0 Å². The molecule has 3 rings (SSSR count). The Kier molecular flexibility index (Phi) is 5.31. The van der Waals surface area contributed by atoms with Gasteiger partial charge in [-0.3, -0.25) is 9.88 Å². The van der Waals surface area contributed by atoms with Crippen molar-refractivity contribution in [2.45, 2.75) is 39.3 Å². The summed E-state index contributed by atoms with van der Waals surface area (Å²) in [6.45, 7) is 7.57. The fourth-order valence-corrected chi connectivity index (χ4v) is 2.77. The fourth-order valence-electron chi connectivity index (χ4n) is 2.77. The molecule has 1 unspecified atom stereocenters. The summed E-state index contributed by atoms with van der Waals surface area (Å²) < 4.78 is 5.89. The van der Waals surface area contributed by atoms with Crippen LogP contribution in [0, 0.1) is 6.92 Å². The number of hydrogen-bond acceptors (Lipinski definition) is 5. The van der Waals surface area contributed by atoms with E-state index in [2.05, 4.69) is 38.9 Å². The van der Waals surface area contributed by atoms with Crippen LogP contribution in [0.1, 0.15) is 42.1 Å². The van der Waals surface area contributed by atoms with Crippen LogP contribution in [0.3, 0.4) is 0 Å². The van der Waals surface area contributed by atoms with Crippen LogP contribution in [0.15, 0.2) is 30.7 Å². The molecule has 0 bridgehead atoms. The van der Waals surface area contributed by atoms with Crippen molar-refractivity contribution in [1.29, 1.82) is 0 Å². The van der Waals surface area contributed by atoms with E-state index in [4.69, 9.17) is 4.74 Å². The second-order valence-corrected chi connectivity index (χ2v) is 6.11. The number of hydrogen-bond donors (Lipinski definition) is 0. The van der Waals surface area contributed by atoms with Crippen molar-refractivity contribution in [1.82, 2.24) is 19.9 Å². The minimum atomic E-state index is 0.0460. The summed E-state index contributed by atoms with van der Waals surface area (Å²) in [6, 6.07) is 4.15. The lowest BCUT2D eigenvalue weighted by molar-refractivity contribution is -0.0350. The van der Waals surface area contributed by atoms with Gasteiger partial charge in [0.15, 0.2) is 0 Å². The Balaban J connectivity index is 1.61. The minimum absolute atomic E-state index is 0.0460. The van der Waals surface area contributed by atoms with E-state index in [1.54, 1.807) is 0 Å². The third-order valence-corrected chi connectivity index (χ3v) is 4.05. The predicted octanol–water partition coefficient (Wildman–Crippen LogP) is 2.71. The number of aryl methyl sites for hydroxylation is 2. The van der Waals surface area contributed by atoms with E-state index in [9.17, 15) is 0 Å². The molecule has 0 radical (unpaired) electrons. The van der Waals surface area contributed by atoms with Gasteiger partial charge in [0.05, 0.1) is 12.3 Å². The SMILES string of the molecule is CCCc1ncc(CN2CCOC(c3ccc(C)cn3)C2)cn1. The van der Waals surface area contributed by atoms with Crippen LogP contribution in [0.2, 0.25) is 0 Å². The van der Waals surface area contributed by atoms with Gasteiger partial charge < -0.3 is 4.74 Å². The topological polar surface area (TPSA) is 51.1 Å². The lowest BCUT2D eigenvalue weighted by atomic mass is 10.1. The molecule has 0 aromatic carbocycles. The Morgan fingerprint density at radius 2 is 2.00 bits per heavy atom. The van der Waals surface area contributed by atoms with Gasteiger partial charge >= 0.3 is 0 Å². The first-order chi connectivity index (χ1) is 11.2. The lowest BCUT2D eigenvalue weighted by Gasteiger charge is -2.32. The van der Waals surface area contributed by atoms with Crippen LogP contribution in [0.25, 0.3) is 0 Å². The molecule has 0 saturated carbocycles. The summed E-state index contributed by atoms with van der Waals surface area (Å²) in [5.74, 6) is 0.931. The monoisotopic (exact) mass is 312 g/mol. The van der Waals surface area contributed by atoms with Gasteiger partial charge in [-0.2, -0.15) is 0 Å². The smallest absolute Gasteiger partial charge is 0.128 e. The molecule has 5 nitrogen and oxygen atoms in total. The van der Waals surface area contributed by atoms with Gasteiger partial charge in [-0.05, 0) is 25.0 Å². The highest BCUT2D eigenvalue weighted by Crippen LogP contribution is 2.21. The molecular formula is C18H24N4O. The molecule has 0 N–H and O–H groups in total. The highest BCUT2D eigenvalue weighted by atomic mass is 16.5. The van der Waals surface area contributed by atoms with Gasteiger partial charge in [0.2, 0.25) is 0 Å². The number of pyridine rings is 1. The lowest BCUT2D eigenvalue weighted by Crippen LogP contribution is -2.38. The van der Waals surface area contributed by atoms with Gasteiger partial charge in [0, 0.05) is 50.2 Å². The molecule has 2 aromatic heterocycles. The van der Waals surface area contributed by atoms with Crippen molar-refractivity contribution in [3.05, 3.63) is 53.4 Å². The summed E-state index contributed by atoms with van der Waals surface area (Å²) in [6.07, 6.45) is 7.87. The standard InChI is InChI=1S/C18H24N4O/c1-3-4-18-20-10-15(11-21-18)12-22-7-8-23-17(13-22)16-6-5-14(2)9-19-16/h5-6,9-11,17H,3-4,7-8,12-13H2,1-2H3. The summed E-state index contributed by atoms with van der Waals surface area (Å²) in [4.78, 5) is 15.8. The molecule has 5 heteroatoms. The Morgan fingerprint density at radius 3 is 2.70 bits per heavy atom. The van der Waals surface area contributed by atoms with E-state index in [1.807, 2.05) is 25.5 Å². The largest absolute Gasteiger partial charge is 0.369 e. The number of ether oxygens (including phenoxy) is 1. The molecular weight excluding hydrogens is 288 g/mol. The van der Waals surface area contributed by atoms with E-state index >= 15 is 0 Å². The van der Waals surface area contributed by atoms with E-state index < -0.39 is 0 Å². The molecule has 23 heavy (non-hydrogen) atoms. The molecule has 0 aliphatic carbocycles. The normalized spacial score (nSPS) is 19.0. The summed E-state index contributed by atoms with van der Waals surface area (Å²) in [7, 11) is 0. The van der Waals surface area contributed by atoms with Crippen molar-refractivity contribution in [3.63, 3.8) is 0 Å². The quantitative estimate of drug-likeness (QED) is 0.849. The molecule has 3 heterocycles. The third kappa shape index (κ3) is 4.33. The maximum absolute atomic E-state index is 5.89. The van der Waals surface area contributed by atoms with Crippen molar-refractivity contribution >= 4 is 0 Å². The van der Waals surface area contributed by atoms with Crippen molar-refractivity contribution in [3.8, 4) is 0 Å². The van der Waals surface area contributed by atoms with E-state index in [1.165, 1.54) is 5.56 Å². The zero-order valence-electron chi connectivity index (χ0n) is 13.9. The van der Waals surface area contributed by atoms with Crippen molar-refractivity contribution < 1.29 is 4.74 Å². The van der Waals surface area contributed by atoms with E-state index in [-0.39, 0.29) is 6.10 Å². The van der Waals surface area contributed by atoms with Crippen LogP contribution in [0.5, 0.6) is 0 Å². The summed E-state index contributed by atoms with van der Waals surface area (Å²) >= 11 is 0. The van der Waals surface area contributed by atoms with Crippen LogP contribution < -0.4 is 0 Å². The van der Waals surface area contributed by atoms with Gasteiger partial charge in [-0.1, -0.05) is 13.0 Å². The molecule has 1 saturated heterocycles. The molecule has 1 aliphatic heterocycles. The van der Waals surface area contributed by atoms with E-state index in [0.717, 1.165) is 56.2 Å². The first-order valence-corrected chi connectivity index (χ1v) is 8.31. The number of nitrogens with zero attached hydrogens (tertiary/aromatic N) is 4. The zero-order valence-corrected chi connectivity index (χ0v) is 13.9. The first-order valence-electron chi connectivity index (χ1n) is 8.31. The van der Waals surface area contributed by atoms with Gasteiger partial charge in [-0.15, -0.1) is 0 Å². The Bertz CT molecular complexity index is 612. The molecule has 1 aliphatic rings. The third-order valence-electron chi connectivity index (χ3n) is 4.05. The Morgan fingerprint density at radius 1 is 1.17 bits per heavy atom. The molecule has 2 aromatic rings. The zero-order chi connectivity index (χ0) is 16.1. The first kappa shape index (κ1) is 16.0. The summed E-state index contributed by atoms with van der Waals surface area (Å²) in [5.41, 5.74) is 3.34. The van der Waals surface area contributed by atoms with Crippen molar-refractivity contribution in [2.24, 2.45) is 0 Å². The molecule has 0 amide bonds. The molecule has 122 valence electrons. The van der Waals surface area contributed by atoms with Crippen LogP contribution in [-0.2, 0) is 17.7 Å². The van der Waals surface area contributed by atoms with E-state index in [0.29, 0.717) is 0 Å². The molecule has 1 fully saturated rings. The fraction of sp³-hybridized carbons (Fsp3) is 0.500. The van der Waals surface area contributed by atoms with Crippen LogP contribution in [0.4, 0.5) is 0 Å². The highest BCUT2D eigenvalue weighted by Gasteiger charge is 2.23. The van der Waals surface area contributed by atoms with Crippen molar-refractivity contribution in [2.75, 3.05) is 19.7 Å². The second kappa shape index (κ2) is 7.62. The summed E-state index contributed by atoms with van der Waals surface area (Å²) in [5, 5.41) is 0. The highest BCUT2D eigenvalue weighted by molar-refractivity contribution is 5.15. The Hall–Kier alpha value is -1.85. The number of rotatable bonds is 5. The number of morpholine rings is 1. The minimum Gasteiger partial charge on any atom is -0.369 e. The molecule has 1 atom stereocenters. The predicted molar refractivity (Wildman–Crippen MR) is 89.0 cm³/mol. The average Bonchev–Trinajstić information content (AvgIpc) is 2.58. The van der Waals surface area contributed by atoms with Gasteiger partial charge in [-0.25, -0.2) is 9.97 Å². The maximum Gasteiger partial charge on any atom is 0.128 e. The Labute approximate surface area is 137 Å². The van der Waals surface area contributed by atoms with Gasteiger partial charge in [0.1, 0.15) is 11.9 Å². The average molecular weight is 312 g/mol. The van der Waals surface area contributed by atoms with Gasteiger partial charge in [0.25, 0.3) is 0 Å². The molecule has 0 spiro atoms. The number of aromatic nitrogens is 3. The maximum atomic E-state index is 5.89. The van der Waals surface area contributed by atoms with Crippen LogP contribution in [-0.4, -0.2) is 39.5 Å².